The van der Waals surface area contributed by atoms with Crippen LogP contribution in [0, 0.1) is 0 Å². The summed E-state index contributed by atoms with van der Waals surface area (Å²) >= 11 is 3.40. The van der Waals surface area contributed by atoms with E-state index >= 15 is 0 Å². The number of halogens is 1. The van der Waals surface area contributed by atoms with Gasteiger partial charge in [0, 0.05) is 16.7 Å². The van der Waals surface area contributed by atoms with Crippen LogP contribution in [0.2, 0.25) is 0 Å². The average molecular weight is 334 g/mol. The van der Waals surface area contributed by atoms with Crippen LogP contribution in [0.25, 0.3) is 5.69 Å². The number of rotatable bonds is 3. The molecule has 3 rings (SSSR count). The summed E-state index contributed by atoms with van der Waals surface area (Å²) in [6.45, 7) is 0. The Morgan fingerprint density at radius 1 is 1.25 bits per heavy atom. The minimum atomic E-state index is -0.0275. The lowest BCUT2D eigenvalue weighted by molar-refractivity contribution is 0.0938. The van der Waals surface area contributed by atoms with E-state index in [2.05, 4.69) is 26.3 Å². The third-order valence-electron chi connectivity index (χ3n) is 3.63. The van der Waals surface area contributed by atoms with Crippen LogP contribution in [0.3, 0.4) is 0 Å². The van der Waals surface area contributed by atoms with Gasteiger partial charge in [-0.1, -0.05) is 28.8 Å². The Morgan fingerprint density at radius 2 is 1.95 bits per heavy atom. The number of nitrogens with one attached hydrogen (secondary N) is 1. The second-order valence-electron chi connectivity index (χ2n) is 5.10. The van der Waals surface area contributed by atoms with Gasteiger partial charge in [-0.25, -0.2) is 4.68 Å². The van der Waals surface area contributed by atoms with E-state index in [9.17, 15) is 4.79 Å². The molecule has 0 aliphatic heterocycles. The van der Waals surface area contributed by atoms with Gasteiger partial charge in [-0.3, -0.25) is 4.79 Å². The van der Waals surface area contributed by atoms with Crippen LogP contribution in [-0.2, 0) is 0 Å². The Labute approximate surface area is 126 Å². The van der Waals surface area contributed by atoms with Gasteiger partial charge in [-0.15, -0.1) is 0 Å². The van der Waals surface area contributed by atoms with E-state index in [-0.39, 0.29) is 5.91 Å². The van der Waals surface area contributed by atoms with Crippen LogP contribution in [0.4, 0.5) is 0 Å². The zero-order valence-corrected chi connectivity index (χ0v) is 12.6. The van der Waals surface area contributed by atoms with E-state index in [0.29, 0.717) is 11.6 Å². The molecule has 2 aromatic rings. The minimum Gasteiger partial charge on any atom is -0.349 e. The Balaban J connectivity index is 1.72. The molecule has 1 fully saturated rings. The quantitative estimate of drug-likeness (QED) is 0.936. The normalized spacial score (nSPS) is 15.4. The summed E-state index contributed by atoms with van der Waals surface area (Å²) in [6, 6.07) is 8.15. The molecule has 4 nitrogen and oxygen atoms in total. The molecule has 0 radical (unpaired) electrons. The zero-order chi connectivity index (χ0) is 13.9. The number of hydrogen-bond acceptors (Lipinski definition) is 2. The number of carbonyl (C=O) groups excluding carboxylic acids is 1. The van der Waals surface area contributed by atoms with Gasteiger partial charge in [0.15, 0.2) is 0 Å². The van der Waals surface area contributed by atoms with Gasteiger partial charge in [0.1, 0.15) is 0 Å². The van der Waals surface area contributed by atoms with Crippen molar-refractivity contribution in [1.29, 1.82) is 0 Å². The second-order valence-corrected chi connectivity index (χ2v) is 6.02. The van der Waals surface area contributed by atoms with E-state index < -0.39 is 0 Å². The number of carbonyl (C=O) groups is 1. The van der Waals surface area contributed by atoms with E-state index in [1.807, 2.05) is 24.3 Å². The molecule has 1 amide bonds. The van der Waals surface area contributed by atoms with Crippen molar-refractivity contribution in [2.75, 3.05) is 0 Å². The molecule has 0 bridgehead atoms. The molecule has 1 aromatic heterocycles. The first-order chi connectivity index (χ1) is 9.72. The van der Waals surface area contributed by atoms with E-state index in [4.69, 9.17) is 0 Å². The predicted octanol–water partition coefficient (Wildman–Crippen LogP) is 3.31. The number of benzene rings is 1. The molecule has 0 atom stereocenters. The van der Waals surface area contributed by atoms with Crippen molar-refractivity contribution in [3.05, 3.63) is 46.7 Å². The van der Waals surface area contributed by atoms with Gasteiger partial charge in [-0.2, -0.15) is 5.10 Å². The SMILES string of the molecule is O=C(NC1CCCC1)c1cnn(-c2ccc(Br)cc2)c1. The van der Waals surface area contributed by atoms with Gasteiger partial charge in [-0.05, 0) is 37.1 Å². The maximum Gasteiger partial charge on any atom is 0.254 e. The third kappa shape index (κ3) is 2.93. The molecule has 1 aromatic carbocycles. The second kappa shape index (κ2) is 5.79. The van der Waals surface area contributed by atoms with Crippen LogP contribution in [0.15, 0.2) is 41.1 Å². The fourth-order valence-corrected chi connectivity index (χ4v) is 2.78. The first-order valence-corrected chi connectivity index (χ1v) is 7.63. The molecule has 1 N–H and O–H groups in total. The van der Waals surface area contributed by atoms with Crippen LogP contribution in [-0.4, -0.2) is 21.7 Å². The van der Waals surface area contributed by atoms with E-state index in [1.54, 1.807) is 17.1 Å². The van der Waals surface area contributed by atoms with Crippen molar-refractivity contribution in [3.8, 4) is 5.69 Å². The summed E-state index contributed by atoms with van der Waals surface area (Å²) in [4.78, 5) is 12.1. The maximum atomic E-state index is 12.1. The van der Waals surface area contributed by atoms with Gasteiger partial charge in [0.25, 0.3) is 5.91 Å². The van der Waals surface area contributed by atoms with Gasteiger partial charge in [0.2, 0.25) is 0 Å². The summed E-state index contributed by atoms with van der Waals surface area (Å²) in [5.41, 5.74) is 1.55. The summed E-state index contributed by atoms with van der Waals surface area (Å²) in [5, 5.41) is 7.32. The molecule has 0 saturated heterocycles. The third-order valence-corrected chi connectivity index (χ3v) is 4.16. The summed E-state index contributed by atoms with van der Waals surface area (Å²) in [5.74, 6) is -0.0275. The summed E-state index contributed by atoms with van der Waals surface area (Å²) in [6.07, 6.45) is 7.99. The molecule has 104 valence electrons. The fourth-order valence-electron chi connectivity index (χ4n) is 2.51. The molecular formula is C15H16BrN3O. The van der Waals surface area contributed by atoms with Gasteiger partial charge >= 0.3 is 0 Å². The molecule has 0 unspecified atom stereocenters. The molecule has 5 heteroatoms. The Bertz CT molecular complexity index is 600. The number of amides is 1. The number of aromatic nitrogens is 2. The molecule has 1 saturated carbocycles. The van der Waals surface area contributed by atoms with Crippen molar-refractivity contribution < 1.29 is 4.79 Å². The van der Waals surface area contributed by atoms with Gasteiger partial charge in [0.05, 0.1) is 17.4 Å². The first-order valence-electron chi connectivity index (χ1n) is 6.84. The lowest BCUT2D eigenvalue weighted by Crippen LogP contribution is -2.32. The van der Waals surface area contributed by atoms with Crippen molar-refractivity contribution in [1.82, 2.24) is 15.1 Å². The Hall–Kier alpha value is -1.62. The van der Waals surface area contributed by atoms with E-state index in [1.165, 1.54) is 12.8 Å². The smallest absolute Gasteiger partial charge is 0.254 e. The minimum absolute atomic E-state index is 0.0275. The lowest BCUT2D eigenvalue weighted by Gasteiger charge is -2.10. The maximum absolute atomic E-state index is 12.1. The Kier molecular flexibility index (Phi) is 3.87. The molecular weight excluding hydrogens is 318 g/mol. The van der Waals surface area contributed by atoms with Crippen LogP contribution < -0.4 is 5.32 Å². The number of nitrogens with zero attached hydrogens (tertiary/aromatic N) is 2. The highest BCUT2D eigenvalue weighted by atomic mass is 79.9. The van der Waals surface area contributed by atoms with Gasteiger partial charge < -0.3 is 5.32 Å². The first kappa shape index (κ1) is 13.4. The van der Waals surface area contributed by atoms with Crippen molar-refractivity contribution in [2.24, 2.45) is 0 Å². The summed E-state index contributed by atoms with van der Waals surface area (Å²) in [7, 11) is 0. The average Bonchev–Trinajstić information content (AvgIpc) is 3.10. The standard InChI is InChI=1S/C15H16BrN3O/c16-12-5-7-14(8-6-12)19-10-11(9-17-19)15(20)18-13-3-1-2-4-13/h5-10,13H,1-4H2,(H,18,20). The zero-order valence-electron chi connectivity index (χ0n) is 11.1. The van der Waals surface area contributed by atoms with Crippen LogP contribution in [0.5, 0.6) is 0 Å². The lowest BCUT2D eigenvalue weighted by atomic mass is 10.2. The van der Waals surface area contributed by atoms with Crippen LogP contribution >= 0.6 is 15.9 Å². The summed E-state index contributed by atoms with van der Waals surface area (Å²) < 4.78 is 2.74. The van der Waals surface area contributed by atoms with Crippen molar-refractivity contribution >= 4 is 21.8 Å². The fraction of sp³-hybridized carbons (Fsp3) is 0.333. The predicted molar refractivity (Wildman–Crippen MR) is 81.0 cm³/mol. The number of hydrogen-bond donors (Lipinski definition) is 1. The van der Waals surface area contributed by atoms with Crippen LogP contribution in [0.1, 0.15) is 36.0 Å². The molecule has 1 aliphatic carbocycles. The molecule has 1 heterocycles. The van der Waals surface area contributed by atoms with E-state index in [0.717, 1.165) is 23.0 Å². The molecule has 1 aliphatic rings. The highest BCUT2D eigenvalue weighted by molar-refractivity contribution is 9.10. The van der Waals surface area contributed by atoms with Crippen molar-refractivity contribution in [2.45, 2.75) is 31.7 Å². The highest BCUT2D eigenvalue weighted by Gasteiger charge is 2.18. The topological polar surface area (TPSA) is 46.9 Å². The Morgan fingerprint density at radius 3 is 2.65 bits per heavy atom. The van der Waals surface area contributed by atoms with Crippen molar-refractivity contribution in [3.63, 3.8) is 0 Å². The highest BCUT2D eigenvalue weighted by Crippen LogP contribution is 2.18. The molecule has 20 heavy (non-hydrogen) atoms. The molecule has 0 spiro atoms. The monoisotopic (exact) mass is 333 g/mol. The largest absolute Gasteiger partial charge is 0.349 e.